The fourth-order valence-electron chi connectivity index (χ4n) is 2.67. The van der Waals surface area contributed by atoms with Gasteiger partial charge in [0.15, 0.2) is 4.34 Å². The minimum absolute atomic E-state index is 0.0952. The van der Waals surface area contributed by atoms with Gasteiger partial charge >= 0.3 is 6.18 Å². The lowest BCUT2D eigenvalue weighted by Gasteiger charge is -2.34. The first-order chi connectivity index (χ1) is 13.8. The van der Waals surface area contributed by atoms with Crippen molar-refractivity contribution >= 4 is 40.0 Å². The van der Waals surface area contributed by atoms with E-state index in [-0.39, 0.29) is 23.1 Å². The Hall–Kier alpha value is -2.34. The Balaban J connectivity index is 1.54. The largest absolute Gasteiger partial charge is 0.416 e. The lowest BCUT2D eigenvalue weighted by molar-refractivity contribution is -0.137. The highest BCUT2D eigenvalue weighted by molar-refractivity contribution is 8.01. The average Bonchev–Trinajstić information content (AvgIpc) is 3.20. The maximum atomic E-state index is 12.7. The number of hydrogen-bond acceptors (Lipinski definition) is 7. The Morgan fingerprint density at radius 2 is 1.79 bits per heavy atom. The molecule has 1 aromatic heterocycles. The van der Waals surface area contributed by atoms with Crippen LogP contribution in [0.1, 0.15) is 15.9 Å². The summed E-state index contributed by atoms with van der Waals surface area (Å²) in [5.74, 6) is -0.125. The molecule has 7 nitrogen and oxygen atoms in total. The SMILES string of the molecule is CNC(=O)CSc1nnc(N2CCN(C(=O)c3ccc(C(F)(F)F)cc3)CC2)s1. The number of alkyl halides is 3. The number of thioether (sulfide) groups is 1. The van der Waals surface area contributed by atoms with E-state index < -0.39 is 11.7 Å². The third-order valence-corrected chi connectivity index (χ3v) is 6.42. The first-order valence-corrected chi connectivity index (χ1v) is 10.5. The summed E-state index contributed by atoms with van der Waals surface area (Å²) in [7, 11) is 1.57. The van der Waals surface area contributed by atoms with Gasteiger partial charge in [0, 0.05) is 38.8 Å². The molecule has 1 N–H and O–H groups in total. The van der Waals surface area contributed by atoms with Gasteiger partial charge in [0.2, 0.25) is 11.0 Å². The van der Waals surface area contributed by atoms with Crippen molar-refractivity contribution in [2.45, 2.75) is 10.5 Å². The highest BCUT2D eigenvalue weighted by atomic mass is 32.2. The summed E-state index contributed by atoms with van der Waals surface area (Å²) in [5, 5.41) is 11.5. The summed E-state index contributed by atoms with van der Waals surface area (Å²) in [6, 6.07) is 4.25. The minimum Gasteiger partial charge on any atom is -0.358 e. The number of amides is 2. The molecule has 2 heterocycles. The van der Waals surface area contributed by atoms with E-state index in [9.17, 15) is 22.8 Å². The molecule has 2 amide bonds. The molecule has 3 rings (SSSR count). The van der Waals surface area contributed by atoms with Crippen LogP contribution in [-0.4, -0.2) is 65.9 Å². The van der Waals surface area contributed by atoms with Gasteiger partial charge in [-0.2, -0.15) is 13.2 Å². The fourth-order valence-corrected chi connectivity index (χ4v) is 4.44. The molecule has 2 aromatic rings. The summed E-state index contributed by atoms with van der Waals surface area (Å²) in [6.07, 6.45) is -4.42. The van der Waals surface area contributed by atoms with Gasteiger partial charge in [-0.1, -0.05) is 23.1 Å². The van der Waals surface area contributed by atoms with Crippen LogP contribution >= 0.6 is 23.1 Å². The zero-order chi connectivity index (χ0) is 21.0. The van der Waals surface area contributed by atoms with Crippen molar-refractivity contribution in [3.8, 4) is 0 Å². The van der Waals surface area contributed by atoms with E-state index in [1.54, 1.807) is 11.9 Å². The van der Waals surface area contributed by atoms with Crippen molar-refractivity contribution in [2.75, 3.05) is 43.9 Å². The molecule has 0 bridgehead atoms. The van der Waals surface area contributed by atoms with Gasteiger partial charge in [0.1, 0.15) is 0 Å². The Labute approximate surface area is 173 Å². The lowest BCUT2D eigenvalue weighted by Crippen LogP contribution is -2.48. The number of rotatable bonds is 5. The van der Waals surface area contributed by atoms with Crippen LogP contribution in [0, 0.1) is 0 Å². The second-order valence-corrected chi connectivity index (χ2v) is 8.35. The van der Waals surface area contributed by atoms with Crippen molar-refractivity contribution in [1.82, 2.24) is 20.4 Å². The van der Waals surface area contributed by atoms with E-state index >= 15 is 0 Å². The molecule has 1 fully saturated rings. The van der Waals surface area contributed by atoms with Crippen LogP contribution in [0.15, 0.2) is 28.6 Å². The van der Waals surface area contributed by atoms with Gasteiger partial charge in [0.05, 0.1) is 11.3 Å². The first kappa shape index (κ1) is 21.4. The fraction of sp³-hybridized carbons (Fsp3) is 0.412. The van der Waals surface area contributed by atoms with Gasteiger partial charge in [-0.25, -0.2) is 0 Å². The van der Waals surface area contributed by atoms with Crippen LogP contribution in [0.4, 0.5) is 18.3 Å². The molecule has 1 saturated heterocycles. The number of aromatic nitrogens is 2. The van der Waals surface area contributed by atoms with Crippen LogP contribution in [0.2, 0.25) is 0 Å². The predicted octanol–water partition coefficient (Wildman–Crippen LogP) is 2.36. The van der Waals surface area contributed by atoms with Crippen molar-refractivity contribution in [2.24, 2.45) is 0 Å². The van der Waals surface area contributed by atoms with E-state index in [0.717, 1.165) is 12.1 Å². The maximum absolute atomic E-state index is 12.7. The number of nitrogens with one attached hydrogen (secondary N) is 1. The van der Waals surface area contributed by atoms with E-state index in [4.69, 9.17) is 0 Å². The molecule has 29 heavy (non-hydrogen) atoms. The summed E-state index contributed by atoms with van der Waals surface area (Å²) in [6.45, 7) is 1.95. The molecule has 0 radical (unpaired) electrons. The van der Waals surface area contributed by atoms with Gasteiger partial charge in [0.25, 0.3) is 5.91 Å². The molecule has 0 saturated carbocycles. The number of anilines is 1. The predicted molar refractivity (Wildman–Crippen MR) is 104 cm³/mol. The highest BCUT2D eigenvalue weighted by Crippen LogP contribution is 2.30. The molecular formula is C17H18F3N5O2S2. The van der Waals surface area contributed by atoms with Crippen LogP contribution in [0.3, 0.4) is 0 Å². The molecule has 0 spiro atoms. The van der Waals surface area contributed by atoms with Crippen LogP contribution in [0.25, 0.3) is 0 Å². The number of halogens is 3. The van der Waals surface area contributed by atoms with E-state index in [1.807, 2.05) is 4.90 Å². The average molecular weight is 445 g/mol. The second-order valence-electron chi connectivity index (χ2n) is 6.17. The van der Waals surface area contributed by atoms with E-state index in [0.29, 0.717) is 35.7 Å². The van der Waals surface area contributed by atoms with Crippen LogP contribution < -0.4 is 10.2 Å². The van der Waals surface area contributed by atoms with Crippen LogP contribution in [-0.2, 0) is 11.0 Å². The zero-order valence-electron chi connectivity index (χ0n) is 15.4. The molecule has 1 aromatic carbocycles. The van der Waals surface area contributed by atoms with Crippen molar-refractivity contribution in [3.63, 3.8) is 0 Å². The third kappa shape index (κ3) is 5.38. The molecule has 12 heteroatoms. The summed E-state index contributed by atoms with van der Waals surface area (Å²) >= 11 is 2.68. The maximum Gasteiger partial charge on any atom is 0.416 e. The standard InChI is InChI=1S/C17H18F3N5O2S2/c1-21-13(26)10-28-16-23-22-15(29-16)25-8-6-24(7-9-25)14(27)11-2-4-12(5-3-11)17(18,19)20/h2-5H,6-10H2,1H3,(H,21,26). The first-order valence-electron chi connectivity index (χ1n) is 8.66. The van der Waals surface area contributed by atoms with E-state index in [1.165, 1.54) is 35.2 Å². The summed E-state index contributed by atoms with van der Waals surface area (Å²) in [4.78, 5) is 27.5. The Morgan fingerprint density at radius 1 is 1.14 bits per heavy atom. The van der Waals surface area contributed by atoms with Gasteiger partial charge in [-0.15, -0.1) is 10.2 Å². The molecule has 0 aliphatic carbocycles. The second kappa shape index (κ2) is 8.99. The smallest absolute Gasteiger partial charge is 0.358 e. The Kier molecular flexibility index (Phi) is 6.63. The highest BCUT2D eigenvalue weighted by Gasteiger charge is 2.31. The summed E-state index contributed by atoms with van der Waals surface area (Å²) in [5.41, 5.74) is -0.546. The van der Waals surface area contributed by atoms with Crippen molar-refractivity contribution < 1.29 is 22.8 Å². The molecule has 0 atom stereocenters. The normalized spacial score (nSPS) is 14.8. The Morgan fingerprint density at radius 3 is 2.38 bits per heavy atom. The van der Waals surface area contributed by atoms with Gasteiger partial charge in [-0.05, 0) is 24.3 Å². The number of carbonyl (C=O) groups excluding carboxylic acids is 2. The molecule has 1 aliphatic rings. The number of benzene rings is 1. The molecule has 156 valence electrons. The molecule has 0 unspecified atom stereocenters. The Bertz CT molecular complexity index is 865. The monoisotopic (exact) mass is 445 g/mol. The van der Waals surface area contributed by atoms with Gasteiger partial charge < -0.3 is 15.1 Å². The number of piperazine rings is 1. The molecular weight excluding hydrogens is 427 g/mol. The topological polar surface area (TPSA) is 78.4 Å². The number of carbonyl (C=O) groups is 2. The van der Waals surface area contributed by atoms with Gasteiger partial charge in [-0.3, -0.25) is 9.59 Å². The summed E-state index contributed by atoms with van der Waals surface area (Å²) < 4.78 is 38.7. The molecule has 1 aliphatic heterocycles. The zero-order valence-corrected chi connectivity index (χ0v) is 17.0. The number of hydrogen-bond donors (Lipinski definition) is 1. The minimum atomic E-state index is -4.42. The third-order valence-electron chi connectivity index (χ3n) is 4.30. The van der Waals surface area contributed by atoms with E-state index in [2.05, 4.69) is 15.5 Å². The van der Waals surface area contributed by atoms with Crippen LogP contribution in [0.5, 0.6) is 0 Å². The number of nitrogens with zero attached hydrogens (tertiary/aromatic N) is 4. The van der Waals surface area contributed by atoms with Crippen molar-refractivity contribution in [3.05, 3.63) is 35.4 Å². The lowest BCUT2D eigenvalue weighted by atomic mass is 10.1. The van der Waals surface area contributed by atoms with Crippen molar-refractivity contribution in [1.29, 1.82) is 0 Å². The quantitative estimate of drug-likeness (QED) is 0.712.